The molecule has 3 aromatic carbocycles. The molecule has 1 saturated heterocycles. The standard InChI is InChI=1S/C24H16BrFN2O5/c25-20-12-14(4-9-21(20)33-13-15-2-1-3-16(26)10-15)11-19-22(30)27-24(32)28(23(19)31)17-5-7-18(29)8-6-17/h1-12,29H,13H2,(H,27,30,32)/b19-11+. The summed E-state index contributed by atoms with van der Waals surface area (Å²) in [5.41, 5.74) is 1.15. The fourth-order valence-electron chi connectivity index (χ4n) is 3.17. The average molecular weight is 511 g/mol. The fraction of sp³-hybridized carbons (Fsp3) is 0.0417. The third-order valence-corrected chi connectivity index (χ3v) is 5.38. The van der Waals surface area contributed by atoms with Crippen LogP contribution in [0.4, 0.5) is 14.9 Å². The number of imide groups is 2. The van der Waals surface area contributed by atoms with Gasteiger partial charge in [0.2, 0.25) is 0 Å². The Morgan fingerprint density at radius 1 is 1.03 bits per heavy atom. The number of amides is 4. The predicted octanol–water partition coefficient (Wildman–Crippen LogP) is 4.54. The summed E-state index contributed by atoms with van der Waals surface area (Å²) in [6.07, 6.45) is 1.36. The van der Waals surface area contributed by atoms with Gasteiger partial charge in [0, 0.05) is 0 Å². The Balaban J connectivity index is 1.56. The van der Waals surface area contributed by atoms with E-state index in [1.54, 1.807) is 30.3 Å². The molecular formula is C24H16BrFN2O5. The molecule has 0 aromatic heterocycles. The van der Waals surface area contributed by atoms with Crippen molar-refractivity contribution < 1.29 is 28.6 Å². The van der Waals surface area contributed by atoms with Crippen molar-refractivity contribution in [3.63, 3.8) is 0 Å². The second-order valence-electron chi connectivity index (χ2n) is 7.08. The average Bonchev–Trinajstić information content (AvgIpc) is 2.77. The number of carbonyl (C=O) groups excluding carboxylic acids is 3. The quantitative estimate of drug-likeness (QED) is 0.388. The number of aromatic hydroxyl groups is 1. The molecule has 1 aliphatic heterocycles. The molecule has 3 aromatic rings. The lowest BCUT2D eigenvalue weighted by atomic mass is 10.1. The van der Waals surface area contributed by atoms with Gasteiger partial charge in [-0.3, -0.25) is 14.9 Å². The molecule has 0 radical (unpaired) electrons. The number of urea groups is 1. The zero-order valence-electron chi connectivity index (χ0n) is 16.9. The molecule has 9 heteroatoms. The highest BCUT2D eigenvalue weighted by Gasteiger charge is 2.36. The second kappa shape index (κ2) is 9.25. The molecule has 4 amide bonds. The van der Waals surface area contributed by atoms with Crippen LogP contribution in [0, 0.1) is 5.82 Å². The van der Waals surface area contributed by atoms with Crippen molar-refractivity contribution in [2.45, 2.75) is 6.61 Å². The summed E-state index contributed by atoms with van der Waals surface area (Å²) in [6.45, 7) is 0.154. The molecule has 0 bridgehead atoms. The van der Waals surface area contributed by atoms with Gasteiger partial charge in [-0.05, 0) is 81.7 Å². The Hall–Kier alpha value is -3.98. The highest BCUT2D eigenvalue weighted by Crippen LogP contribution is 2.29. The molecule has 7 nitrogen and oxygen atoms in total. The Morgan fingerprint density at radius 2 is 1.79 bits per heavy atom. The number of nitrogens with zero attached hydrogens (tertiary/aromatic N) is 1. The molecule has 0 spiro atoms. The van der Waals surface area contributed by atoms with Crippen LogP contribution in [0.3, 0.4) is 0 Å². The topological polar surface area (TPSA) is 95.9 Å². The molecule has 2 N–H and O–H groups in total. The Morgan fingerprint density at radius 3 is 2.48 bits per heavy atom. The van der Waals surface area contributed by atoms with E-state index in [1.165, 1.54) is 42.5 Å². The fourth-order valence-corrected chi connectivity index (χ4v) is 3.68. The number of rotatable bonds is 5. The third-order valence-electron chi connectivity index (χ3n) is 4.76. The maximum absolute atomic E-state index is 13.3. The largest absolute Gasteiger partial charge is 0.508 e. The van der Waals surface area contributed by atoms with Gasteiger partial charge in [0.15, 0.2) is 0 Å². The number of hydrogen-bond acceptors (Lipinski definition) is 5. The first-order valence-corrected chi connectivity index (χ1v) is 10.5. The lowest BCUT2D eigenvalue weighted by Gasteiger charge is -2.26. The molecule has 0 aliphatic carbocycles. The third kappa shape index (κ3) is 4.93. The summed E-state index contributed by atoms with van der Waals surface area (Å²) in [7, 11) is 0. The van der Waals surface area contributed by atoms with Gasteiger partial charge >= 0.3 is 6.03 Å². The van der Waals surface area contributed by atoms with Crippen LogP contribution in [-0.2, 0) is 16.2 Å². The van der Waals surface area contributed by atoms with Gasteiger partial charge in [-0.25, -0.2) is 14.1 Å². The van der Waals surface area contributed by atoms with Gasteiger partial charge in [-0.1, -0.05) is 18.2 Å². The summed E-state index contributed by atoms with van der Waals surface area (Å²) >= 11 is 3.39. The molecule has 166 valence electrons. The minimum absolute atomic E-state index is 0.0278. The van der Waals surface area contributed by atoms with Crippen LogP contribution in [0.1, 0.15) is 11.1 Å². The van der Waals surface area contributed by atoms with Crippen LogP contribution in [0.2, 0.25) is 0 Å². The molecule has 1 fully saturated rings. The minimum atomic E-state index is -0.880. The van der Waals surface area contributed by atoms with Crippen LogP contribution in [0.15, 0.2) is 76.8 Å². The van der Waals surface area contributed by atoms with Gasteiger partial charge in [0.05, 0.1) is 10.2 Å². The molecule has 4 rings (SSSR count). The predicted molar refractivity (Wildman–Crippen MR) is 122 cm³/mol. The van der Waals surface area contributed by atoms with Gasteiger partial charge in [-0.15, -0.1) is 0 Å². The highest BCUT2D eigenvalue weighted by molar-refractivity contribution is 9.10. The minimum Gasteiger partial charge on any atom is -0.508 e. The van der Waals surface area contributed by atoms with Gasteiger partial charge in [-0.2, -0.15) is 0 Å². The normalized spacial score (nSPS) is 15.0. The molecule has 0 unspecified atom stereocenters. The number of phenolic OH excluding ortho intramolecular Hbond substituents is 1. The van der Waals surface area contributed by atoms with Crippen LogP contribution >= 0.6 is 15.9 Å². The number of hydrogen-bond donors (Lipinski definition) is 2. The first-order chi connectivity index (χ1) is 15.8. The van der Waals surface area contributed by atoms with Crippen molar-refractivity contribution in [2.75, 3.05) is 4.90 Å². The van der Waals surface area contributed by atoms with E-state index < -0.39 is 17.8 Å². The van der Waals surface area contributed by atoms with Gasteiger partial charge < -0.3 is 9.84 Å². The van der Waals surface area contributed by atoms with E-state index >= 15 is 0 Å². The van der Waals surface area contributed by atoms with E-state index in [4.69, 9.17) is 4.74 Å². The van der Waals surface area contributed by atoms with Crippen molar-refractivity contribution in [1.29, 1.82) is 0 Å². The first-order valence-electron chi connectivity index (χ1n) is 9.69. The monoisotopic (exact) mass is 510 g/mol. The van der Waals surface area contributed by atoms with Crippen molar-refractivity contribution in [3.05, 3.63) is 93.7 Å². The van der Waals surface area contributed by atoms with Gasteiger partial charge in [0.25, 0.3) is 11.8 Å². The summed E-state index contributed by atoms with van der Waals surface area (Å²) in [5, 5.41) is 11.6. The number of ether oxygens (including phenoxy) is 1. The maximum Gasteiger partial charge on any atom is 0.335 e. The zero-order chi connectivity index (χ0) is 23.5. The number of phenols is 1. The number of halogens is 2. The van der Waals surface area contributed by atoms with E-state index in [-0.39, 0.29) is 29.4 Å². The van der Waals surface area contributed by atoms with E-state index in [9.17, 15) is 23.9 Å². The number of benzene rings is 3. The van der Waals surface area contributed by atoms with Crippen molar-refractivity contribution in [2.24, 2.45) is 0 Å². The second-order valence-corrected chi connectivity index (χ2v) is 7.94. The van der Waals surface area contributed by atoms with Crippen LogP contribution in [0.5, 0.6) is 11.5 Å². The van der Waals surface area contributed by atoms with Gasteiger partial charge in [0.1, 0.15) is 29.5 Å². The highest BCUT2D eigenvalue weighted by atomic mass is 79.9. The maximum atomic E-state index is 13.3. The number of nitrogens with one attached hydrogen (secondary N) is 1. The number of barbiturate groups is 1. The Bertz CT molecular complexity index is 1290. The van der Waals surface area contributed by atoms with E-state index in [1.807, 2.05) is 0 Å². The molecule has 0 saturated carbocycles. The molecular weight excluding hydrogens is 495 g/mol. The van der Waals surface area contributed by atoms with E-state index in [0.717, 1.165) is 4.90 Å². The molecule has 1 aliphatic rings. The summed E-state index contributed by atoms with van der Waals surface area (Å²) in [6, 6.07) is 15.5. The van der Waals surface area contributed by atoms with Crippen molar-refractivity contribution >= 4 is 45.5 Å². The molecule has 33 heavy (non-hydrogen) atoms. The lowest BCUT2D eigenvalue weighted by molar-refractivity contribution is -0.122. The summed E-state index contributed by atoms with van der Waals surface area (Å²) in [5.74, 6) is -1.51. The Labute approximate surface area is 196 Å². The van der Waals surface area contributed by atoms with Crippen LogP contribution in [-0.4, -0.2) is 23.0 Å². The van der Waals surface area contributed by atoms with Crippen LogP contribution in [0.25, 0.3) is 6.08 Å². The lowest BCUT2D eigenvalue weighted by Crippen LogP contribution is -2.54. The van der Waals surface area contributed by atoms with Crippen LogP contribution < -0.4 is 15.0 Å². The van der Waals surface area contributed by atoms with Crippen molar-refractivity contribution in [3.8, 4) is 11.5 Å². The molecule has 1 heterocycles. The summed E-state index contributed by atoms with van der Waals surface area (Å²) in [4.78, 5) is 38.3. The zero-order valence-corrected chi connectivity index (χ0v) is 18.5. The summed E-state index contributed by atoms with van der Waals surface area (Å²) < 4.78 is 19.6. The smallest absolute Gasteiger partial charge is 0.335 e. The SMILES string of the molecule is O=C1NC(=O)N(c2ccc(O)cc2)C(=O)/C1=C/c1ccc(OCc2cccc(F)c2)c(Br)c1. The van der Waals surface area contributed by atoms with E-state index in [0.29, 0.717) is 21.3 Å². The Kier molecular flexibility index (Phi) is 6.23. The first kappa shape index (κ1) is 22.2. The van der Waals surface area contributed by atoms with Crippen molar-refractivity contribution in [1.82, 2.24) is 5.32 Å². The van der Waals surface area contributed by atoms with E-state index in [2.05, 4.69) is 21.2 Å². The molecule has 0 atom stereocenters. The number of carbonyl (C=O) groups is 3. The number of anilines is 1.